The molecule has 0 atom stereocenters. The fourth-order valence-corrected chi connectivity index (χ4v) is 2.89. The lowest BCUT2D eigenvalue weighted by atomic mass is 10.1. The van der Waals surface area contributed by atoms with Crippen LogP contribution in [0.15, 0.2) is 35.4 Å². The molecule has 0 aliphatic heterocycles. The zero-order valence-electron chi connectivity index (χ0n) is 11.7. The van der Waals surface area contributed by atoms with Crippen molar-refractivity contribution in [1.29, 1.82) is 0 Å². The molecule has 136 valence electrons. The number of nitrogens with one attached hydrogen (secondary N) is 1. The van der Waals surface area contributed by atoms with E-state index in [1.165, 1.54) is 0 Å². The van der Waals surface area contributed by atoms with E-state index in [9.17, 15) is 34.8 Å². The molecular weight excluding hydrogens is 400 g/mol. The van der Waals surface area contributed by atoms with Gasteiger partial charge in [-0.3, -0.25) is 4.72 Å². The van der Waals surface area contributed by atoms with Crippen molar-refractivity contribution < 1.29 is 34.8 Å². The number of halogens is 7. The highest BCUT2D eigenvalue weighted by molar-refractivity contribution is 7.92. The number of hydrogen-bond donors (Lipinski definition) is 1. The fraction of sp³-hybridized carbons (Fsp3) is 0.167. The van der Waals surface area contributed by atoms with Gasteiger partial charge in [0, 0.05) is 6.20 Å². The molecule has 1 heterocycles. The zero-order chi connectivity index (χ0) is 19.0. The summed E-state index contributed by atoms with van der Waals surface area (Å²) in [4.78, 5) is 5.67. The maximum atomic E-state index is 12.8. The van der Waals surface area contributed by atoms with Crippen LogP contribution in [0.1, 0.15) is 11.1 Å². The first-order valence-corrected chi connectivity index (χ1v) is 7.96. The molecule has 13 heteroatoms. The van der Waals surface area contributed by atoms with E-state index in [-0.39, 0.29) is 23.5 Å². The Labute approximate surface area is 141 Å². The van der Waals surface area contributed by atoms with Crippen LogP contribution in [0, 0.1) is 0 Å². The minimum atomic E-state index is -5.18. The molecule has 0 aliphatic rings. The summed E-state index contributed by atoms with van der Waals surface area (Å²) in [5.74, 6) is -0.425. The Morgan fingerprint density at radius 2 is 1.48 bits per heavy atom. The molecule has 1 aromatic heterocycles. The van der Waals surface area contributed by atoms with Gasteiger partial charge in [-0.25, -0.2) is 13.4 Å². The number of sulfonamides is 1. The van der Waals surface area contributed by atoms with E-state index in [1.807, 2.05) is 0 Å². The van der Waals surface area contributed by atoms with E-state index in [0.717, 1.165) is 12.3 Å². The molecule has 0 aliphatic carbocycles. The summed E-state index contributed by atoms with van der Waals surface area (Å²) >= 11 is 5.44. The lowest BCUT2D eigenvalue weighted by molar-refractivity contribution is -0.143. The van der Waals surface area contributed by atoms with Crippen molar-refractivity contribution >= 4 is 27.4 Å². The lowest BCUT2D eigenvalue weighted by Gasteiger charge is -2.15. The second kappa shape index (κ2) is 6.33. The van der Waals surface area contributed by atoms with Crippen LogP contribution in [-0.2, 0) is 22.4 Å². The van der Waals surface area contributed by atoms with Gasteiger partial charge in [0.05, 0.1) is 16.0 Å². The Morgan fingerprint density at radius 3 is 1.92 bits per heavy atom. The minimum Gasteiger partial charge on any atom is -0.263 e. The predicted octanol–water partition coefficient (Wildman–Crippen LogP) is 3.97. The largest absolute Gasteiger partial charge is 0.416 e. The molecule has 0 saturated carbocycles. The number of alkyl halides is 6. The summed E-state index contributed by atoms with van der Waals surface area (Å²) in [7, 11) is -4.79. The Kier molecular flexibility index (Phi) is 4.88. The van der Waals surface area contributed by atoms with E-state index in [1.54, 1.807) is 4.72 Å². The summed E-state index contributed by atoms with van der Waals surface area (Å²) in [5, 5.41) is -0.375. The molecule has 0 radical (unpaired) electrons. The summed E-state index contributed by atoms with van der Waals surface area (Å²) in [6.45, 7) is 0. The summed E-state index contributed by atoms with van der Waals surface area (Å²) in [6.07, 6.45) is -9.31. The van der Waals surface area contributed by atoms with Crippen molar-refractivity contribution in [3.63, 3.8) is 0 Å². The summed E-state index contributed by atoms with van der Waals surface area (Å²) in [6, 6.07) is 1.00. The highest BCUT2D eigenvalue weighted by Gasteiger charge is 2.38. The van der Waals surface area contributed by atoms with Gasteiger partial charge in [-0.2, -0.15) is 31.3 Å². The van der Waals surface area contributed by atoms with Crippen LogP contribution in [0.4, 0.5) is 32.2 Å². The second-order valence-electron chi connectivity index (χ2n) is 4.56. The van der Waals surface area contributed by atoms with E-state index >= 15 is 0 Å². The first-order chi connectivity index (χ1) is 11.3. The fourth-order valence-electron chi connectivity index (χ4n) is 1.67. The zero-order valence-corrected chi connectivity index (χ0v) is 13.2. The topological polar surface area (TPSA) is 72.0 Å². The normalized spacial score (nSPS) is 12.9. The summed E-state index contributed by atoms with van der Waals surface area (Å²) < 4.78 is 103. The van der Waals surface area contributed by atoms with Crippen LogP contribution in [-0.4, -0.2) is 18.4 Å². The molecular formula is C12H6ClF6N3O2S. The molecule has 0 saturated heterocycles. The van der Waals surface area contributed by atoms with Gasteiger partial charge in [0.25, 0.3) is 10.0 Å². The maximum Gasteiger partial charge on any atom is 0.416 e. The molecule has 0 fully saturated rings. The number of anilines is 1. The second-order valence-corrected chi connectivity index (χ2v) is 6.58. The van der Waals surface area contributed by atoms with Crippen molar-refractivity contribution in [2.75, 3.05) is 4.72 Å². The molecule has 2 rings (SSSR count). The molecule has 1 N–H and O–H groups in total. The number of rotatable bonds is 3. The quantitative estimate of drug-likeness (QED) is 0.619. The predicted molar refractivity (Wildman–Crippen MR) is 74.3 cm³/mol. The highest BCUT2D eigenvalue weighted by Crippen LogP contribution is 2.37. The van der Waals surface area contributed by atoms with Crippen LogP contribution < -0.4 is 4.72 Å². The van der Waals surface area contributed by atoms with Crippen LogP contribution >= 0.6 is 11.6 Å². The third kappa shape index (κ3) is 4.72. The Bertz CT molecular complexity index is 866. The smallest absolute Gasteiger partial charge is 0.263 e. The van der Waals surface area contributed by atoms with Crippen molar-refractivity contribution in [1.82, 2.24) is 9.97 Å². The van der Waals surface area contributed by atoms with Crippen LogP contribution in [0.25, 0.3) is 0 Å². The molecule has 25 heavy (non-hydrogen) atoms. The van der Waals surface area contributed by atoms with Gasteiger partial charge in [0.1, 0.15) is 5.82 Å². The molecule has 0 spiro atoms. The van der Waals surface area contributed by atoms with Gasteiger partial charge in [-0.1, -0.05) is 0 Å². The van der Waals surface area contributed by atoms with Gasteiger partial charge in [-0.05, 0) is 35.9 Å². The SMILES string of the molecule is O=S(=O)(Nc1ccnc(Cl)n1)c1cc(C(F)(F)F)cc(C(F)(F)F)c1. The summed E-state index contributed by atoms with van der Waals surface area (Å²) in [5.41, 5.74) is -3.52. The molecule has 5 nitrogen and oxygen atoms in total. The molecule has 0 unspecified atom stereocenters. The van der Waals surface area contributed by atoms with Crippen molar-refractivity contribution in [2.24, 2.45) is 0 Å². The molecule has 0 bridgehead atoms. The van der Waals surface area contributed by atoms with Gasteiger partial charge in [0.15, 0.2) is 0 Å². The molecule has 1 aromatic carbocycles. The average molecular weight is 406 g/mol. The van der Waals surface area contributed by atoms with E-state index in [0.29, 0.717) is 0 Å². The van der Waals surface area contributed by atoms with Gasteiger partial charge < -0.3 is 0 Å². The Morgan fingerprint density at radius 1 is 0.960 bits per heavy atom. The number of nitrogens with zero attached hydrogens (tertiary/aromatic N) is 2. The molecule has 2 aromatic rings. The van der Waals surface area contributed by atoms with Crippen molar-refractivity contribution in [2.45, 2.75) is 17.2 Å². The van der Waals surface area contributed by atoms with E-state index in [4.69, 9.17) is 11.6 Å². The third-order valence-electron chi connectivity index (χ3n) is 2.74. The highest BCUT2D eigenvalue weighted by atomic mass is 35.5. The lowest BCUT2D eigenvalue weighted by Crippen LogP contribution is -2.18. The first kappa shape index (κ1) is 19.2. The van der Waals surface area contributed by atoms with E-state index < -0.39 is 44.2 Å². The number of benzene rings is 1. The molecule has 0 amide bonds. The first-order valence-electron chi connectivity index (χ1n) is 6.10. The van der Waals surface area contributed by atoms with Gasteiger partial charge >= 0.3 is 12.4 Å². The van der Waals surface area contributed by atoms with Crippen LogP contribution in [0.2, 0.25) is 5.28 Å². The van der Waals surface area contributed by atoms with Gasteiger partial charge in [-0.15, -0.1) is 0 Å². The standard InChI is InChI=1S/C12H6ClF6N3O2S/c13-10-20-2-1-9(21-10)22-25(23,24)8-4-6(11(14,15)16)3-7(5-8)12(17,18)19/h1-5H,(H,20,21,22). The monoisotopic (exact) mass is 405 g/mol. The van der Waals surface area contributed by atoms with E-state index in [2.05, 4.69) is 9.97 Å². The number of hydrogen-bond acceptors (Lipinski definition) is 4. The average Bonchev–Trinajstić information content (AvgIpc) is 2.44. The number of aromatic nitrogens is 2. The maximum absolute atomic E-state index is 12.8. The van der Waals surface area contributed by atoms with Crippen LogP contribution in [0.3, 0.4) is 0 Å². The Balaban J connectivity index is 2.56. The van der Waals surface area contributed by atoms with Crippen LogP contribution in [0.5, 0.6) is 0 Å². The third-order valence-corrected chi connectivity index (χ3v) is 4.25. The Hall–Kier alpha value is -2.08. The van der Waals surface area contributed by atoms with Gasteiger partial charge in [0.2, 0.25) is 5.28 Å². The van der Waals surface area contributed by atoms with Crippen molar-refractivity contribution in [3.05, 3.63) is 46.9 Å². The van der Waals surface area contributed by atoms with Crippen molar-refractivity contribution in [3.8, 4) is 0 Å². The minimum absolute atomic E-state index is 0.0837.